The maximum Gasteiger partial charge on any atom is 0.345 e. The molecule has 6 heteroatoms. The van der Waals surface area contributed by atoms with Gasteiger partial charge in [-0.1, -0.05) is 12.1 Å². The van der Waals surface area contributed by atoms with Crippen LogP contribution in [0.15, 0.2) is 30.3 Å². The summed E-state index contributed by atoms with van der Waals surface area (Å²) in [5.74, 6) is 0.141. The van der Waals surface area contributed by atoms with E-state index in [9.17, 15) is 4.79 Å². The number of carbonyl (C=O) groups is 1. The molecule has 0 bridgehead atoms. The molecule has 0 aliphatic carbocycles. The van der Waals surface area contributed by atoms with Gasteiger partial charge in [-0.05, 0) is 37.7 Å². The third kappa shape index (κ3) is 3.13. The van der Waals surface area contributed by atoms with Crippen LogP contribution in [0.2, 0.25) is 0 Å². The van der Waals surface area contributed by atoms with Crippen molar-refractivity contribution in [3.63, 3.8) is 0 Å². The quantitative estimate of drug-likeness (QED) is 0.780. The molecule has 0 spiro atoms. The molecule has 0 atom stereocenters. The normalized spacial score (nSPS) is 11.5. The predicted octanol–water partition coefficient (Wildman–Crippen LogP) is 3.27. The van der Waals surface area contributed by atoms with E-state index in [0.29, 0.717) is 18.0 Å². The van der Waals surface area contributed by atoms with Crippen molar-refractivity contribution in [1.29, 1.82) is 0 Å². The van der Waals surface area contributed by atoms with Crippen LogP contribution in [-0.4, -0.2) is 32.6 Å². The van der Waals surface area contributed by atoms with Crippen LogP contribution in [0.3, 0.4) is 0 Å². The fraction of sp³-hybridized carbons (Fsp3) is 0.294. The summed E-state index contributed by atoms with van der Waals surface area (Å²) in [7, 11) is 4.05. The van der Waals surface area contributed by atoms with Gasteiger partial charge in [-0.25, -0.2) is 9.78 Å². The van der Waals surface area contributed by atoms with Crippen LogP contribution in [0, 0.1) is 6.92 Å². The van der Waals surface area contributed by atoms with E-state index in [1.807, 2.05) is 39.2 Å². The third-order valence-electron chi connectivity index (χ3n) is 3.96. The van der Waals surface area contributed by atoms with Gasteiger partial charge in [0.25, 0.3) is 0 Å². The van der Waals surface area contributed by atoms with E-state index in [0.717, 1.165) is 27.3 Å². The molecule has 5 nitrogen and oxygen atoms in total. The van der Waals surface area contributed by atoms with Crippen molar-refractivity contribution in [3.8, 4) is 0 Å². The molecular weight excluding hydrogens is 310 g/mol. The van der Waals surface area contributed by atoms with Crippen molar-refractivity contribution in [2.75, 3.05) is 7.05 Å². The average Bonchev–Trinajstić information content (AvgIpc) is 3.02. The summed E-state index contributed by atoms with van der Waals surface area (Å²) in [6.07, 6.45) is 0. The van der Waals surface area contributed by atoms with Crippen molar-refractivity contribution >= 4 is 28.3 Å². The van der Waals surface area contributed by atoms with Crippen LogP contribution in [0.1, 0.15) is 25.9 Å². The molecule has 0 aliphatic heterocycles. The smallest absolute Gasteiger partial charge is 0.345 e. The largest absolute Gasteiger partial charge is 0.477 e. The summed E-state index contributed by atoms with van der Waals surface area (Å²) in [4.78, 5) is 19.4. The summed E-state index contributed by atoms with van der Waals surface area (Å²) in [5, 5.41) is 9.09. The number of fused-ring (bicyclic) bond motifs is 1. The Bertz CT molecular complexity index is 866. The van der Waals surface area contributed by atoms with Gasteiger partial charge < -0.3 is 9.67 Å². The van der Waals surface area contributed by atoms with Crippen molar-refractivity contribution in [3.05, 3.63) is 51.5 Å². The number of imidazole rings is 1. The minimum atomic E-state index is -0.859. The first-order valence-corrected chi connectivity index (χ1v) is 8.19. The summed E-state index contributed by atoms with van der Waals surface area (Å²) in [6, 6.07) is 9.85. The number of rotatable bonds is 5. The highest BCUT2D eigenvalue weighted by atomic mass is 32.1. The second-order valence-corrected chi connectivity index (χ2v) is 7.00. The lowest BCUT2D eigenvalue weighted by Gasteiger charge is -2.16. The van der Waals surface area contributed by atoms with Gasteiger partial charge in [-0.15, -0.1) is 11.3 Å². The number of aryl methyl sites for hydroxylation is 2. The van der Waals surface area contributed by atoms with Crippen molar-refractivity contribution < 1.29 is 9.90 Å². The molecule has 3 aromatic rings. The van der Waals surface area contributed by atoms with Gasteiger partial charge >= 0.3 is 5.97 Å². The molecule has 1 N–H and O–H groups in total. The molecule has 0 saturated heterocycles. The fourth-order valence-corrected chi connectivity index (χ4v) is 3.58. The van der Waals surface area contributed by atoms with Gasteiger partial charge in [-0.2, -0.15) is 0 Å². The topological polar surface area (TPSA) is 58.4 Å². The van der Waals surface area contributed by atoms with Gasteiger partial charge in [0.2, 0.25) is 0 Å². The van der Waals surface area contributed by atoms with Crippen LogP contribution in [0.5, 0.6) is 0 Å². The zero-order valence-electron chi connectivity index (χ0n) is 13.4. The number of carboxylic acids is 1. The molecule has 23 heavy (non-hydrogen) atoms. The van der Waals surface area contributed by atoms with Gasteiger partial charge in [0.1, 0.15) is 10.7 Å². The molecule has 1 aromatic carbocycles. The van der Waals surface area contributed by atoms with Gasteiger partial charge in [0, 0.05) is 18.5 Å². The van der Waals surface area contributed by atoms with Crippen LogP contribution >= 0.6 is 11.3 Å². The zero-order valence-corrected chi connectivity index (χ0v) is 14.2. The molecular formula is C17H19N3O2S. The minimum Gasteiger partial charge on any atom is -0.477 e. The van der Waals surface area contributed by atoms with E-state index in [1.165, 1.54) is 11.3 Å². The number of aromatic carboxylic acids is 1. The lowest BCUT2D eigenvalue weighted by Crippen LogP contribution is -2.19. The van der Waals surface area contributed by atoms with Crippen LogP contribution in [-0.2, 0) is 20.1 Å². The van der Waals surface area contributed by atoms with Gasteiger partial charge in [-0.3, -0.25) is 4.90 Å². The Balaban J connectivity index is 1.77. The van der Waals surface area contributed by atoms with E-state index in [4.69, 9.17) is 5.11 Å². The third-order valence-corrected chi connectivity index (χ3v) is 5.04. The average molecular weight is 329 g/mol. The molecule has 0 amide bonds. The standard InChI is InChI=1S/C17H19N3O2S/c1-11-12(8-15(23-11)17(21)22)9-19(2)10-16-18-13-6-4-5-7-14(13)20(16)3/h4-8H,9-10H2,1-3H3,(H,21,22). The van der Waals surface area contributed by atoms with E-state index < -0.39 is 5.97 Å². The second-order valence-electron chi connectivity index (χ2n) is 5.75. The fourth-order valence-electron chi connectivity index (χ4n) is 2.71. The van der Waals surface area contributed by atoms with Crippen molar-refractivity contribution in [1.82, 2.24) is 14.5 Å². The summed E-state index contributed by atoms with van der Waals surface area (Å²) in [6.45, 7) is 3.39. The van der Waals surface area contributed by atoms with Gasteiger partial charge in [0.15, 0.2) is 0 Å². The van der Waals surface area contributed by atoms with Crippen molar-refractivity contribution in [2.45, 2.75) is 20.0 Å². The first kappa shape index (κ1) is 15.7. The Labute approximate surface area is 138 Å². The van der Waals surface area contributed by atoms with E-state index in [1.54, 1.807) is 6.07 Å². The SMILES string of the molecule is Cc1sc(C(=O)O)cc1CN(C)Cc1nc2ccccc2n1C. The number of para-hydroxylation sites is 2. The number of nitrogens with zero attached hydrogens (tertiary/aromatic N) is 3. The van der Waals surface area contributed by atoms with Crippen LogP contribution in [0.4, 0.5) is 0 Å². The van der Waals surface area contributed by atoms with E-state index in [2.05, 4.69) is 20.5 Å². The Morgan fingerprint density at radius 3 is 2.74 bits per heavy atom. The van der Waals surface area contributed by atoms with Crippen molar-refractivity contribution in [2.24, 2.45) is 7.05 Å². The van der Waals surface area contributed by atoms with Crippen LogP contribution < -0.4 is 0 Å². The second kappa shape index (κ2) is 6.14. The number of hydrogen-bond acceptors (Lipinski definition) is 4. The monoisotopic (exact) mass is 329 g/mol. The lowest BCUT2D eigenvalue weighted by molar-refractivity contribution is 0.0702. The molecule has 3 rings (SSSR count). The predicted molar refractivity (Wildman–Crippen MR) is 91.9 cm³/mol. The molecule has 120 valence electrons. The number of thiophene rings is 1. The Morgan fingerprint density at radius 2 is 2.09 bits per heavy atom. The molecule has 0 unspecified atom stereocenters. The van der Waals surface area contributed by atoms with E-state index >= 15 is 0 Å². The number of benzene rings is 1. The highest BCUT2D eigenvalue weighted by Gasteiger charge is 2.14. The zero-order chi connectivity index (χ0) is 16.6. The van der Waals surface area contributed by atoms with E-state index in [-0.39, 0.29) is 0 Å². The molecule has 2 heterocycles. The number of carboxylic acid groups (broad SMARTS) is 1. The number of aromatic nitrogens is 2. The van der Waals surface area contributed by atoms with Crippen LogP contribution in [0.25, 0.3) is 11.0 Å². The minimum absolute atomic E-state index is 0.397. The maximum atomic E-state index is 11.1. The first-order chi connectivity index (χ1) is 11.0. The summed E-state index contributed by atoms with van der Waals surface area (Å²) < 4.78 is 2.11. The molecule has 0 saturated carbocycles. The Hall–Kier alpha value is -2.18. The lowest BCUT2D eigenvalue weighted by atomic mass is 10.2. The molecule has 0 radical (unpaired) electrons. The first-order valence-electron chi connectivity index (χ1n) is 7.37. The highest BCUT2D eigenvalue weighted by Crippen LogP contribution is 2.23. The number of hydrogen-bond donors (Lipinski definition) is 1. The summed E-state index contributed by atoms with van der Waals surface area (Å²) >= 11 is 1.33. The molecule has 0 aliphatic rings. The summed E-state index contributed by atoms with van der Waals surface area (Å²) in [5.41, 5.74) is 3.18. The molecule has 2 aromatic heterocycles. The molecule has 0 fully saturated rings. The Morgan fingerprint density at radius 1 is 1.35 bits per heavy atom. The highest BCUT2D eigenvalue weighted by molar-refractivity contribution is 7.14. The Kier molecular flexibility index (Phi) is 4.19. The maximum absolute atomic E-state index is 11.1. The van der Waals surface area contributed by atoms with Gasteiger partial charge in [0.05, 0.1) is 17.6 Å².